The maximum Gasteiger partial charge on any atom is 0.413 e. The third-order valence-electron chi connectivity index (χ3n) is 4.10. The number of benzene rings is 2. The van der Waals surface area contributed by atoms with Crippen LogP contribution >= 0.6 is 23.2 Å². The SMILES string of the molecule is CC#CC(OC(=O)Nc1cc(Cl)cc(Cl)c1)(C1=NC(C)(C)CO1)c1ccccc1. The number of amides is 1. The Bertz CT molecular complexity index is 989. The molecule has 3 rings (SSSR count). The summed E-state index contributed by atoms with van der Waals surface area (Å²) in [5.41, 5.74) is -0.917. The van der Waals surface area contributed by atoms with Crippen molar-refractivity contribution in [2.75, 3.05) is 11.9 Å². The Morgan fingerprint density at radius 1 is 1.21 bits per heavy atom. The third-order valence-corrected chi connectivity index (χ3v) is 4.54. The van der Waals surface area contributed by atoms with Crippen LogP contribution in [0, 0.1) is 11.8 Å². The number of hydrogen-bond acceptors (Lipinski definition) is 4. The van der Waals surface area contributed by atoms with Crippen molar-refractivity contribution in [2.24, 2.45) is 4.99 Å². The molecule has 0 radical (unpaired) electrons. The minimum Gasteiger partial charge on any atom is -0.475 e. The summed E-state index contributed by atoms with van der Waals surface area (Å²) in [6, 6.07) is 13.9. The summed E-state index contributed by atoms with van der Waals surface area (Å²) in [5.74, 6) is 6.07. The van der Waals surface area contributed by atoms with E-state index in [1.165, 1.54) is 0 Å². The van der Waals surface area contributed by atoms with Gasteiger partial charge in [0.25, 0.3) is 5.60 Å². The van der Waals surface area contributed by atoms with Crippen molar-refractivity contribution >= 4 is 40.9 Å². The number of carbonyl (C=O) groups excluding carboxylic acids is 1. The Labute approximate surface area is 180 Å². The van der Waals surface area contributed by atoms with Gasteiger partial charge < -0.3 is 9.47 Å². The first-order valence-electron chi connectivity index (χ1n) is 8.93. The second-order valence-electron chi connectivity index (χ2n) is 7.11. The second kappa shape index (κ2) is 8.36. The maximum atomic E-state index is 12.8. The molecule has 1 N–H and O–H groups in total. The molecule has 1 aliphatic heterocycles. The molecule has 5 nitrogen and oxygen atoms in total. The van der Waals surface area contributed by atoms with E-state index < -0.39 is 17.2 Å². The molecule has 1 atom stereocenters. The van der Waals surface area contributed by atoms with E-state index in [0.29, 0.717) is 27.9 Å². The zero-order valence-corrected chi connectivity index (χ0v) is 17.8. The van der Waals surface area contributed by atoms with E-state index in [9.17, 15) is 4.79 Å². The molecule has 0 saturated carbocycles. The summed E-state index contributed by atoms with van der Waals surface area (Å²) in [6.45, 7) is 5.89. The van der Waals surface area contributed by atoms with Gasteiger partial charge in [-0.3, -0.25) is 5.32 Å². The Kier molecular flexibility index (Phi) is 6.07. The number of rotatable bonds is 4. The minimum atomic E-state index is -1.49. The quantitative estimate of drug-likeness (QED) is 0.635. The monoisotopic (exact) mass is 430 g/mol. The zero-order chi connectivity index (χ0) is 21.1. The topological polar surface area (TPSA) is 59.9 Å². The number of anilines is 1. The Balaban J connectivity index is 2.01. The van der Waals surface area contributed by atoms with Crippen molar-refractivity contribution in [3.63, 3.8) is 0 Å². The van der Waals surface area contributed by atoms with Crippen molar-refractivity contribution in [2.45, 2.75) is 31.9 Å². The number of carbonyl (C=O) groups is 1. The fourth-order valence-electron chi connectivity index (χ4n) is 2.90. The van der Waals surface area contributed by atoms with Crippen LogP contribution in [0.5, 0.6) is 0 Å². The third kappa shape index (κ3) is 4.84. The van der Waals surface area contributed by atoms with E-state index in [-0.39, 0.29) is 5.90 Å². The van der Waals surface area contributed by atoms with E-state index in [1.807, 2.05) is 44.2 Å². The molecule has 2 aromatic carbocycles. The van der Waals surface area contributed by atoms with Gasteiger partial charge in [-0.15, -0.1) is 5.92 Å². The highest BCUT2D eigenvalue weighted by Crippen LogP contribution is 2.34. The number of nitrogens with one attached hydrogen (secondary N) is 1. The molecule has 1 aliphatic rings. The lowest BCUT2D eigenvalue weighted by atomic mass is 9.93. The van der Waals surface area contributed by atoms with Crippen LogP contribution in [0.4, 0.5) is 10.5 Å². The molecule has 0 fully saturated rings. The van der Waals surface area contributed by atoms with Crippen LogP contribution < -0.4 is 5.32 Å². The summed E-state index contributed by atoms with van der Waals surface area (Å²) < 4.78 is 11.7. The zero-order valence-electron chi connectivity index (χ0n) is 16.3. The van der Waals surface area contributed by atoms with Gasteiger partial charge in [0.05, 0.1) is 5.54 Å². The Morgan fingerprint density at radius 3 is 2.41 bits per heavy atom. The number of halogens is 2. The molecular formula is C22H20Cl2N2O3. The van der Waals surface area contributed by atoms with E-state index in [4.69, 9.17) is 32.7 Å². The largest absolute Gasteiger partial charge is 0.475 e. The molecular weight excluding hydrogens is 411 g/mol. The molecule has 1 unspecified atom stereocenters. The number of nitrogens with zero attached hydrogens (tertiary/aromatic N) is 1. The van der Waals surface area contributed by atoms with Gasteiger partial charge in [-0.05, 0) is 44.9 Å². The van der Waals surface area contributed by atoms with E-state index in [2.05, 4.69) is 22.2 Å². The van der Waals surface area contributed by atoms with E-state index in [0.717, 1.165) is 0 Å². The van der Waals surface area contributed by atoms with Crippen LogP contribution in [0.2, 0.25) is 10.0 Å². The lowest BCUT2D eigenvalue weighted by Gasteiger charge is -2.28. The van der Waals surface area contributed by atoms with Gasteiger partial charge in [-0.25, -0.2) is 9.79 Å². The standard InChI is InChI=1S/C22H20Cl2N2O3/c1-4-10-22(15-8-6-5-7-9-15,19-26-21(2,3)14-28-19)29-20(27)25-18-12-16(23)11-17(24)13-18/h5-9,11-13H,14H2,1-3H3,(H,25,27). The predicted molar refractivity (Wildman–Crippen MR) is 116 cm³/mol. The molecule has 1 amide bonds. The van der Waals surface area contributed by atoms with Gasteiger partial charge in [0, 0.05) is 21.3 Å². The number of hydrogen-bond donors (Lipinski definition) is 1. The van der Waals surface area contributed by atoms with Gasteiger partial charge in [0.1, 0.15) is 6.61 Å². The molecule has 29 heavy (non-hydrogen) atoms. The van der Waals surface area contributed by atoms with Gasteiger partial charge in [-0.1, -0.05) is 53.5 Å². The summed E-state index contributed by atoms with van der Waals surface area (Å²) in [5, 5.41) is 3.42. The first-order valence-corrected chi connectivity index (χ1v) is 9.68. The second-order valence-corrected chi connectivity index (χ2v) is 7.99. The van der Waals surface area contributed by atoms with Crippen LogP contribution in [0.25, 0.3) is 0 Å². The fourth-order valence-corrected chi connectivity index (χ4v) is 3.43. The molecule has 0 bridgehead atoms. The van der Waals surface area contributed by atoms with Crippen LogP contribution in [0.1, 0.15) is 26.3 Å². The molecule has 0 aromatic heterocycles. The van der Waals surface area contributed by atoms with Gasteiger partial charge >= 0.3 is 6.09 Å². The molecule has 0 aliphatic carbocycles. The maximum absolute atomic E-state index is 12.8. The van der Waals surface area contributed by atoms with E-state index in [1.54, 1.807) is 25.1 Å². The molecule has 1 heterocycles. The Morgan fingerprint density at radius 2 is 1.86 bits per heavy atom. The van der Waals surface area contributed by atoms with Crippen LogP contribution in [0.3, 0.4) is 0 Å². The van der Waals surface area contributed by atoms with Crippen LogP contribution in [0.15, 0.2) is 53.5 Å². The first kappa shape index (κ1) is 21.0. The highest BCUT2D eigenvalue weighted by molar-refractivity contribution is 6.35. The molecule has 7 heteroatoms. The summed E-state index contributed by atoms with van der Waals surface area (Å²) >= 11 is 12.0. The average Bonchev–Trinajstić information content (AvgIpc) is 3.01. The number of ether oxygens (including phenoxy) is 2. The van der Waals surface area contributed by atoms with Crippen molar-refractivity contribution < 1.29 is 14.3 Å². The van der Waals surface area contributed by atoms with Crippen molar-refractivity contribution in [3.05, 3.63) is 64.1 Å². The van der Waals surface area contributed by atoms with Crippen molar-refractivity contribution in [1.82, 2.24) is 0 Å². The van der Waals surface area contributed by atoms with Crippen molar-refractivity contribution in [1.29, 1.82) is 0 Å². The fraction of sp³-hybridized carbons (Fsp3) is 0.273. The predicted octanol–water partition coefficient (Wildman–Crippen LogP) is 5.67. The molecule has 2 aromatic rings. The molecule has 150 valence electrons. The Hall–Kier alpha value is -2.68. The van der Waals surface area contributed by atoms with Crippen molar-refractivity contribution in [3.8, 4) is 11.8 Å². The highest BCUT2D eigenvalue weighted by Gasteiger charge is 2.47. The normalized spacial score (nSPS) is 16.5. The van der Waals surface area contributed by atoms with Crippen LogP contribution in [-0.2, 0) is 15.1 Å². The molecule has 0 spiro atoms. The van der Waals surface area contributed by atoms with Gasteiger partial charge in [0.15, 0.2) is 0 Å². The summed E-state index contributed by atoms with van der Waals surface area (Å²) in [7, 11) is 0. The highest BCUT2D eigenvalue weighted by atomic mass is 35.5. The van der Waals surface area contributed by atoms with Gasteiger partial charge in [-0.2, -0.15) is 0 Å². The number of aliphatic imine (C=N–C) groups is 1. The first-order chi connectivity index (χ1) is 13.7. The summed E-state index contributed by atoms with van der Waals surface area (Å²) in [4.78, 5) is 17.4. The van der Waals surface area contributed by atoms with E-state index >= 15 is 0 Å². The van der Waals surface area contributed by atoms with Gasteiger partial charge in [0.2, 0.25) is 5.90 Å². The molecule has 0 saturated heterocycles. The summed E-state index contributed by atoms with van der Waals surface area (Å²) in [6.07, 6.45) is -0.744. The van der Waals surface area contributed by atoms with Crippen LogP contribution in [-0.4, -0.2) is 24.1 Å². The minimum absolute atomic E-state index is 0.238. The lowest BCUT2D eigenvalue weighted by molar-refractivity contribution is 0.0902. The smallest absolute Gasteiger partial charge is 0.413 e. The average molecular weight is 431 g/mol. The lowest BCUT2D eigenvalue weighted by Crippen LogP contribution is -2.41.